The van der Waals surface area contributed by atoms with Gasteiger partial charge in [0.05, 0.1) is 13.2 Å². The van der Waals surface area contributed by atoms with Gasteiger partial charge in [0, 0.05) is 0 Å². The van der Waals surface area contributed by atoms with E-state index >= 15 is 0 Å². The van der Waals surface area contributed by atoms with E-state index in [1.54, 1.807) is 6.92 Å². The van der Waals surface area contributed by atoms with Gasteiger partial charge in [-0.15, -0.1) is 0 Å². The quantitative estimate of drug-likeness (QED) is 0.156. The highest BCUT2D eigenvalue weighted by Crippen LogP contribution is 2.08. The smallest absolute Gasteiger partial charge is 0.326 e. The lowest BCUT2D eigenvalue weighted by atomic mass is 9.98. The standard InChI is InChI=1S/C17H33N5O6/c1-3-10(2)14(22-15(25)11(19)9-23)16(26)20-8-13(24)21-12(17(27)28)6-4-5-7-18/h10-12,14,23H,3-9,18-19H2,1-2H3,(H,20,26)(H,21,24)(H,22,25)(H,27,28)/t10-,11-,12-,14-/m0/s1. The fourth-order valence-electron chi connectivity index (χ4n) is 2.32. The summed E-state index contributed by atoms with van der Waals surface area (Å²) < 4.78 is 0. The van der Waals surface area contributed by atoms with Crippen molar-refractivity contribution in [3.05, 3.63) is 0 Å². The third-order valence-electron chi connectivity index (χ3n) is 4.33. The number of hydrogen-bond donors (Lipinski definition) is 7. The van der Waals surface area contributed by atoms with E-state index in [1.807, 2.05) is 6.92 Å². The number of aliphatic hydroxyl groups excluding tert-OH is 1. The fourth-order valence-corrected chi connectivity index (χ4v) is 2.32. The maximum Gasteiger partial charge on any atom is 0.326 e. The number of nitrogens with one attached hydrogen (secondary N) is 3. The molecule has 0 rings (SSSR count). The molecule has 11 heteroatoms. The summed E-state index contributed by atoms with van der Waals surface area (Å²) in [6, 6.07) is -3.17. The Labute approximate surface area is 164 Å². The molecule has 0 saturated heterocycles. The van der Waals surface area contributed by atoms with Crippen molar-refractivity contribution >= 4 is 23.7 Å². The number of unbranched alkanes of at least 4 members (excludes halogenated alkanes) is 1. The van der Waals surface area contributed by atoms with E-state index in [2.05, 4.69) is 16.0 Å². The summed E-state index contributed by atoms with van der Waals surface area (Å²) in [6.45, 7) is 3.00. The van der Waals surface area contributed by atoms with Crippen LogP contribution in [-0.4, -0.2) is 71.7 Å². The highest BCUT2D eigenvalue weighted by atomic mass is 16.4. The Bertz CT molecular complexity index is 530. The van der Waals surface area contributed by atoms with E-state index in [4.69, 9.17) is 21.7 Å². The minimum absolute atomic E-state index is 0.233. The van der Waals surface area contributed by atoms with Gasteiger partial charge in [0.2, 0.25) is 17.7 Å². The second kappa shape index (κ2) is 13.9. The Morgan fingerprint density at radius 1 is 1.07 bits per heavy atom. The van der Waals surface area contributed by atoms with E-state index in [1.165, 1.54) is 0 Å². The number of amides is 3. The lowest BCUT2D eigenvalue weighted by molar-refractivity contribution is -0.142. The zero-order chi connectivity index (χ0) is 21.7. The monoisotopic (exact) mass is 403 g/mol. The minimum atomic E-state index is -1.17. The van der Waals surface area contributed by atoms with Crippen LogP contribution in [-0.2, 0) is 19.2 Å². The summed E-state index contributed by atoms with van der Waals surface area (Å²) >= 11 is 0. The Balaban J connectivity index is 4.74. The van der Waals surface area contributed by atoms with Crippen molar-refractivity contribution in [1.82, 2.24) is 16.0 Å². The molecule has 0 bridgehead atoms. The third-order valence-corrected chi connectivity index (χ3v) is 4.33. The molecule has 0 heterocycles. The molecule has 0 spiro atoms. The number of hydrogen-bond acceptors (Lipinski definition) is 7. The molecule has 0 unspecified atom stereocenters. The Morgan fingerprint density at radius 2 is 1.71 bits per heavy atom. The van der Waals surface area contributed by atoms with Gasteiger partial charge < -0.3 is 37.6 Å². The van der Waals surface area contributed by atoms with Crippen LogP contribution >= 0.6 is 0 Å². The van der Waals surface area contributed by atoms with Gasteiger partial charge in [-0.25, -0.2) is 4.79 Å². The number of carboxylic acid groups (broad SMARTS) is 1. The van der Waals surface area contributed by atoms with Gasteiger partial charge in [-0.05, 0) is 31.7 Å². The molecule has 0 aliphatic rings. The van der Waals surface area contributed by atoms with Crippen molar-refractivity contribution in [3.63, 3.8) is 0 Å². The predicted molar refractivity (Wildman–Crippen MR) is 102 cm³/mol. The van der Waals surface area contributed by atoms with Crippen LogP contribution in [0.1, 0.15) is 39.5 Å². The molecule has 0 radical (unpaired) electrons. The molecule has 4 atom stereocenters. The first-order valence-corrected chi connectivity index (χ1v) is 9.34. The lowest BCUT2D eigenvalue weighted by Gasteiger charge is -2.24. The molecule has 28 heavy (non-hydrogen) atoms. The number of nitrogens with two attached hydrogens (primary N) is 2. The van der Waals surface area contributed by atoms with Crippen molar-refractivity contribution in [2.24, 2.45) is 17.4 Å². The first-order valence-electron chi connectivity index (χ1n) is 9.34. The molecule has 0 aromatic carbocycles. The number of aliphatic hydroxyl groups is 1. The van der Waals surface area contributed by atoms with E-state index in [9.17, 15) is 19.2 Å². The molecule has 0 fully saturated rings. The number of rotatable bonds is 14. The van der Waals surface area contributed by atoms with Gasteiger partial charge in [-0.3, -0.25) is 14.4 Å². The molecule has 0 saturated carbocycles. The summed E-state index contributed by atoms with van der Waals surface area (Å²) in [6.07, 6.45) is 1.99. The SMILES string of the molecule is CC[C@H](C)[C@H](NC(=O)[C@@H](N)CO)C(=O)NCC(=O)N[C@@H](CCCCN)C(=O)O. The molecule has 0 aromatic heterocycles. The zero-order valence-corrected chi connectivity index (χ0v) is 16.4. The van der Waals surface area contributed by atoms with Gasteiger partial charge >= 0.3 is 5.97 Å². The number of carbonyl (C=O) groups is 4. The van der Waals surface area contributed by atoms with Gasteiger partial charge in [-0.2, -0.15) is 0 Å². The largest absolute Gasteiger partial charge is 0.480 e. The maximum atomic E-state index is 12.4. The van der Waals surface area contributed by atoms with E-state index in [-0.39, 0.29) is 12.3 Å². The first kappa shape index (κ1) is 25.8. The van der Waals surface area contributed by atoms with Gasteiger partial charge in [0.25, 0.3) is 0 Å². The van der Waals surface area contributed by atoms with Crippen molar-refractivity contribution in [2.45, 2.75) is 57.7 Å². The number of carbonyl (C=O) groups excluding carboxylic acids is 3. The molecule has 9 N–H and O–H groups in total. The maximum absolute atomic E-state index is 12.4. The second-order valence-electron chi connectivity index (χ2n) is 6.62. The molecular formula is C17H33N5O6. The Kier molecular flexibility index (Phi) is 12.7. The predicted octanol–water partition coefficient (Wildman–Crippen LogP) is -2.35. The topological polar surface area (TPSA) is 197 Å². The molecular weight excluding hydrogens is 370 g/mol. The molecule has 3 amide bonds. The summed E-state index contributed by atoms with van der Waals surface area (Å²) in [5.74, 6) is -3.36. The summed E-state index contributed by atoms with van der Waals surface area (Å²) in [5, 5.41) is 25.3. The fraction of sp³-hybridized carbons (Fsp3) is 0.765. The van der Waals surface area contributed by atoms with Crippen LogP contribution in [0.5, 0.6) is 0 Å². The van der Waals surface area contributed by atoms with E-state index in [0.717, 1.165) is 0 Å². The molecule has 11 nitrogen and oxygen atoms in total. The van der Waals surface area contributed by atoms with E-state index in [0.29, 0.717) is 25.8 Å². The van der Waals surface area contributed by atoms with Crippen LogP contribution in [0.3, 0.4) is 0 Å². The van der Waals surface area contributed by atoms with Crippen molar-refractivity contribution < 1.29 is 29.4 Å². The Hall–Kier alpha value is -2.24. The second-order valence-corrected chi connectivity index (χ2v) is 6.62. The molecule has 162 valence electrons. The van der Waals surface area contributed by atoms with Gasteiger partial charge in [0.1, 0.15) is 18.1 Å². The molecule has 0 aliphatic carbocycles. The van der Waals surface area contributed by atoms with Gasteiger partial charge in [-0.1, -0.05) is 20.3 Å². The van der Waals surface area contributed by atoms with Crippen LogP contribution in [0.15, 0.2) is 0 Å². The highest BCUT2D eigenvalue weighted by Gasteiger charge is 2.28. The van der Waals surface area contributed by atoms with Gasteiger partial charge in [0.15, 0.2) is 0 Å². The first-order chi connectivity index (χ1) is 13.2. The van der Waals surface area contributed by atoms with Crippen molar-refractivity contribution in [1.29, 1.82) is 0 Å². The number of carboxylic acids is 1. The summed E-state index contributed by atoms with van der Waals surface area (Å²) in [7, 11) is 0. The average Bonchev–Trinajstić information content (AvgIpc) is 2.67. The summed E-state index contributed by atoms with van der Waals surface area (Å²) in [4.78, 5) is 47.4. The summed E-state index contributed by atoms with van der Waals surface area (Å²) in [5.41, 5.74) is 10.8. The zero-order valence-electron chi connectivity index (χ0n) is 16.4. The van der Waals surface area contributed by atoms with Crippen LogP contribution in [0.2, 0.25) is 0 Å². The average molecular weight is 403 g/mol. The number of aliphatic carboxylic acids is 1. The van der Waals surface area contributed by atoms with E-state index < -0.39 is 55.0 Å². The van der Waals surface area contributed by atoms with Crippen molar-refractivity contribution in [2.75, 3.05) is 19.7 Å². The molecule has 0 aromatic rings. The van der Waals surface area contributed by atoms with Crippen LogP contribution in [0.25, 0.3) is 0 Å². The normalized spacial score (nSPS) is 15.0. The Morgan fingerprint density at radius 3 is 2.21 bits per heavy atom. The third kappa shape index (κ3) is 9.62. The highest BCUT2D eigenvalue weighted by molar-refractivity contribution is 5.92. The van der Waals surface area contributed by atoms with Crippen LogP contribution in [0.4, 0.5) is 0 Å². The molecule has 0 aliphatic heterocycles. The van der Waals surface area contributed by atoms with Crippen LogP contribution < -0.4 is 27.4 Å². The minimum Gasteiger partial charge on any atom is -0.480 e. The lowest BCUT2D eigenvalue weighted by Crippen LogP contribution is -2.56. The van der Waals surface area contributed by atoms with Crippen LogP contribution in [0, 0.1) is 5.92 Å². The van der Waals surface area contributed by atoms with Crippen molar-refractivity contribution in [3.8, 4) is 0 Å².